The molecule has 0 radical (unpaired) electrons. The van der Waals surface area contributed by atoms with Crippen LogP contribution in [0.5, 0.6) is 0 Å². The Morgan fingerprint density at radius 3 is 2.57 bits per heavy atom. The van der Waals surface area contributed by atoms with Crippen LogP contribution in [0.1, 0.15) is 31.5 Å². The van der Waals surface area contributed by atoms with E-state index in [0.717, 1.165) is 5.69 Å². The zero-order chi connectivity index (χ0) is 16.2. The van der Waals surface area contributed by atoms with Gasteiger partial charge in [-0.1, -0.05) is 11.6 Å². The number of aromatic nitrogens is 2. The number of aryl methyl sites for hydroxylation is 2. The molecule has 0 bridgehead atoms. The fraction of sp³-hybridized carbons (Fsp3) is 0.500. The summed E-state index contributed by atoms with van der Waals surface area (Å²) in [6.45, 7) is 5.77. The molecule has 0 fully saturated rings. The second kappa shape index (κ2) is 7.26. The number of nitrogens with zero attached hydrogens (tertiary/aromatic N) is 3. The van der Waals surface area contributed by atoms with E-state index in [1.807, 2.05) is 6.92 Å². The molecule has 0 aliphatic rings. The van der Waals surface area contributed by atoms with Crippen LogP contribution < -0.4 is 0 Å². The van der Waals surface area contributed by atoms with Crippen molar-refractivity contribution in [3.8, 4) is 0 Å². The lowest BCUT2D eigenvalue weighted by atomic mass is 10.2. The van der Waals surface area contributed by atoms with Crippen molar-refractivity contribution >= 4 is 29.6 Å². The molecule has 21 heavy (non-hydrogen) atoms. The number of carboxylic acids is 1. The topological polar surface area (TPSA) is 75.4 Å². The molecule has 1 aromatic rings. The Balaban J connectivity index is 2.87. The molecule has 1 atom stereocenters. The number of amides is 1. The van der Waals surface area contributed by atoms with Gasteiger partial charge in [0.05, 0.1) is 12.1 Å². The molecule has 1 unspecified atom stereocenters. The Bertz CT molecular complexity index is 566. The third-order valence-corrected chi connectivity index (χ3v) is 3.66. The van der Waals surface area contributed by atoms with Crippen molar-refractivity contribution < 1.29 is 14.7 Å². The molecular weight excluding hydrogens is 294 g/mol. The fourth-order valence-corrected chi connectivity index (χ4v) is 2.37. The second-order valence-electron chi connectivity index (χ2n) is 4.82. The van der Waals surface area contributed by atoms with Gasteiger partial charge < -0.3 is 10.0 Å². The van der Waals surface area contributed by atoms with E-state index in [-0.39, 0.29) is 18.4 Å². The Hall–Kier alpha value is -1.82. The Labute approximate surface area is 129 Å². The van der Waals surface area contributed by atoms with E-state index in [0.29, 0.717) is 17.3 Å². The van der Waals surface area contributed by atoms with Gasteiger partial charge in [0, 0.05) is 31.3 Å². The fourth-order valence-electron chi connectivity index (χ4n) is 2.13. The number of carbonyl (C=O) groups is 2. The van der Waals surface area contributed by atoms with Crippen LogP contribution in [0, 0.1) is 6.92 Å². The van der Waals surface area contributed by atoms with E-state index < -0.39 is 5.97 Å². The highest BCUT2D eigenvalue weighted by Gasteiger charge is 2.19. The summed E-state index contributed by atoms with van der Waals surface area (Å²) in [7, 11) is 1.72. The van der Waals surface area contributed by atoms with Crippen LogP contribution in [0.15, 0.2) is 6.08 Å². The highest BCUT2D eigenvalue weighted by atomic mass is 35.5. The third-order valence-electron chi connectivity index (χ3n) is 3.21. The number of carboxylic acid groups (broad SMARTS) is 1. The van der Waals surface area contributed by atoms with Crippen LogP contribution in [0.3, 0.4) is 0 Å². The Kier molecular flexibility index (Phi) is 5.96. The van der Waals surface area contributed by atoms with Gasteiger partial charge in [0.2, 0.25) is 5.91 Å². The molecule has 116 valence electrons. The molecule has 0 aromatic carbocycles. The van der Waals surface area contributed by atoms with Gasteiger partial charge in [0.15, 0.2) is 0 Å². The number of carbonyl (C=O) groups excluding carboxylic acids is 1. The zero-order valence-corrected chi connectivity index (χ0v) is 13.4. The standard InChI is InChI=1S/C14H20ClN3O3/c1-5-18(9(2)8-13(20)21)12(19)7-6-11-10(3)16-17(4)14(11)15/h6-7,9H,5,8H2,1-4H3,(H,20,21). The first kappa shape index (κ1) is 17.2. The highest BCUT2D eigenvalue weighted by molar-refractivity contribution is 6.31. The lowest BCUT2D eigenvalue weighted by Crippen LogP contribution is -2.38. The quantitative estimate of drug-likeness (QED) is 0.816. The molecule has 0 saturated heterocycles. The van der Waals surface area contributed by atoms with E-state index in [1.54, 1.807) is 27.0 Å². The Morgan fingerprint density at radius 1 is 1.52 bits per heavy atom. The van der Waals surface area contributed by atoms with Gasteiger partial charge in [0.1, 0.15) is 5.15 Å². The SMILES string of the molecule is CCN(C(=O)C=Cc1c(C)nn(C)c1Cl)C(C)CC(=O)O. The van der Waals surface area contributed by atoms with Crippen molar-refractivity contribution in [2.24, 2.45) is 7.05 Å². The van der Waals surface area contributed by atoms with E-state index in [9.17, 15) is 9.59 Å². The van der Waals surface area contributed by atoms with Crippen LogP contribution in [0.2, 0.25) is 5.15 Å². The molecule has 1 heterocycles. The van der Waals surface area contributed by atoms with E-state index in [2.05, 4.69) is 5.10 Å². The number of likely N-dealkylation sites (N-methyl/N-ethyl adjacent to an activating group) is 1. The smallest absolute Gasteiger partial charge is 0.305 e. The molecule has 1 rings (SSSR count). The minimum Gasteiger partial charge on any atom is -0.481 e. The van der Waals surface area contributed by atoms with Crippen molar-refractivity contribution in [3.63, 3.8) is 0 Å². The monoisotopic (exact) mass is 313 g/mol. The molecule has 0 aliphatic heterocycles. The Morgan fingerprint density at radius 2 is 2.14 bits per heavy atom. The number of rotatable bonds is 6. The molecular formula is C14H20ClN3O3. The lowest BCUT2D eigenvalue weighted by molar-refractivity contribution is -0.139. The molecule has 0 aliphatic carbocycles. The zero-order valence-electron chi connectivity index (χ0n) is 12.6. The number of hydrogen-bond acceptors (Lipinski definition) is 3. The third kappa shape index (κ3) is 4.32. The van der Waals surface area contributed by atoms with Crippen LogP contribution in [0.4, 0.5) is 0 Å². The number of halogens is 1. The van der Waals surface area contributed by atoms with Crippen molar-refractivity contribution in [3.05, 3.63) is 22.5 Å². The van der Waals surface area contributed by atoms with E-state index >= 15 is 0 Å². The minimum atomic E-state index is -0.927. The minimum absolute atomic E-state index is 0.0832. The van der Waals surface area contributed by atoms with Gasteiger partial charge in [-0.05, 0) is 26.8 Å². The van der Waals surface area contributed by atoms with Gasteiger partial charge in [-0.25, -0.2) is 0 Å². The van der Waals surface area contributed by atoms with Crippen molar-refractivity contribution in [2.75, 3.05) is 6.54 Å². The number of hydrogen-bond donors (Lipinski definition) is 1. The summed E-state index contributed by atoms with van der Waals surface area (Å²) in [5, 5.41) is 13.4. The second-order valence-corrected chi connectivity index (χ2v) is 5.18. The first-order chi connectivity index (χ1) is 9.77. The van der Waals surface area contributed by atoms with Gasteiger partial charge in [-0.15, -0.1) is 0 Å². The molecule has 0 saturated carbocycles. The van der Waals surface area contributed by atoms with Gasteiger partial charge in [0.25, 0.3) is 0 Å². The normalized spacial score (nSPS) is 12.6. The van der Waals surface area contributed by atoms with Gasteiger partial charge in [-0.2, -0.15) is 5.10 Å². The van der Waals surface area contributed by atoms with Crippen LogP contribution in [-0.4, -0.2) is 44.3 Å². The highest BCUT2D eigenvalue weighted by Crippen LogP contribution is 2.20. The summed E-state index contributed by atoms with van der Waals surface area (Å²) < 4.78 is 1.53. The van der Waals surface area contributed by atoms with Crippen molar-refractivity contribution in [1.82, 2.24) is 14.7 Å². The summed E-state index contributed by atoms with van der Waals surface area (Å²) in [4.78, 5) is 24.4. The van der Waals surface area contributed by atoms with E-state index in [4.69, 9.17) is 16.7 Å². The predicted octanol–water partition coefficient (Wildman–Crippen LogP) is 2.11. The largest absolute Gasteiger partial charge is 0.481 e. The molecule has 1 amide bonds. The average Bonchev–Trinajstić information content (AvgIpc) is 2.61. The van der Waals surface area contributed by atoms with Crippen LogP contribution in [0.25, 0.3) is 6.08 Å². The van der Waals surface area contributed by atoms with Crippen LogP contribution in [-0.2, 0) is 16.6 Å². The maximum atomic E-state index is 12.2. The van der Waals surface area contributed by atoms with Gasteiger partial charge in [-0.3, -0.25) is 14.3 Å². The summed E-state index contributed by atoms with van der Waals surface area (Å²) in [5.74, 6) is -1.17. The molecule has 1 N–H and O–H groups in total. The first-order valence-corrected chi connectivity index (χ1v) is 7.05. The molecule has 1 aromatic heterocycles. The summed E-state index contributed by atoms with van der Waals surface area (Å²) in [6.07, 6.45) is 2.93. The summed E-state index contributed by atoms with van der Waals surface area (Å²) >= 11 is 6.09. The first-order valence-electron chi connectivity index (χ1n) is 6.67. The van der Waals surface area contributed by atoms with Crippen LogP contribution >= 0.6 is 11.6 Å². The molecule has 6 nitrogen and oxygen atoms in total. The number of aliphatic carboxylic acids is 1. The van der Waals surface area contributed by atoms with Gasteiger partial charge >= 0.3 is 5.97 Å². The van der Waals surface area contributed by atoms with Crippen molar-refractivity contribution in [2.45, 2.75) is 33.2 Å². The average molecular weight is 314 g/mol. The van der Waals surface area contributed by atoms with Crippen molar-refractivity contribution in [1.29, 1.82) is 0 Å². The summed E-state index contributed by atoms with van der Waals surface area (Å²) in [6, 6.07) is -0.366. The lowest BCUT2D eigenvalue weighted by Gasteiger charge is -2.25. The predicted molar refractivity (Wildman–Crippen MR) is 81.1 cm³/mol. The molecule has 7 heteroatoms. The maximum Gasteiger partial charge on any atom is 0.305 e. The van der Waals surface area contributed by atoms with E-state index in [1.165, 1.54) is 15.7 Å². The maximum absolute atomic E-state index is 12.2. The molecule has 0 spiro atoms. The summed E-state index contributed by atoms with van der Waals surface area (Å²) in [5.41, 5.74) is 1.42.